The summed E-state index contributed by atoms with van der Waals surface area (Å²) in [5, 5.41) is 18.2. The Labute approximate surface area is 111 Å². The van der Waals surface area contributed by atoms with E-state index >= 15 is 0 Å². The fraction of sp³-hybridized carbons (Fsp3) is 0.267. The molecule has 1 atom stereocenters. The van der Waals surface area contributed by atoms with E-state index in [1.807, 2.05) is 13.0 Å². The smallest absolute Gasteiger partial charge is 0.177 e. The zero-order valence-corrected chi connectivity index (χ0v) is 10.7. The van der Waals surface area contributed by atoms with Crippen LogP contribution in [0.25, 0.3) is 0 Å². The minimum atomic E-state index is -0.371. The number of ether oxygens (including phenoxy) is 1. The van der Waals surface area contributed by atoms with Gasteiger partial charge in [-0.1, -0.05) is 18.2 Å². The Morgan fingerprint density at radius 1 is 1.53 bits per heavy atom. The van der Waals surface area contributed by atoms with Gasteiger partial charge in [-0.25, -0.2) is 0 Å². The normalized spacial score (nSPS) is 19.4. The average Bonchev–Trinajstić information content (AvgIpc) is 2.41. The maximum Gasteiger partial charge on any atom is 0.177 e. The number of hydrogen-bond acceptors (Lipinski definition) is 4. The van der Waals surface area contributed by atoms with Crippen LogP contribution in [0.1, 0.15) is 17.3 Å². The number of Topliss-reactive ketones (excluding diaryl/α,β-unsaturated/α-hetero) is 1. The van der Waals surface area contributed by atoms with Crippen LogP contribution in [-0.2, 0) is 0 Å². The highest BCUT2D eigenvalue weighted by atomic mass is 16.5. The van der Waals surface area contributed by atoms with Crippen LogP contribution in [0, 0.1) is 5.92 Å². The molecule has 0 aliphatic carbocycles. The Hall–Kier alpha value is -2.07. The number of aliphatic hydroxyl groups excluding tert-OH is 1. The highest BCUT2D eigenvalue weighted by molar-refractivity contribution is 6.03. The molecule has 1 unspecified atom stereocenters. The van der Waals surface area contributed by atoms with Crippen LogP contribution in [0.15, 0.2) is 42.0 Å². The molecule has 0 spiro atoms. The monoisotopic (exact) mass is 260 g/mol. The number of phenols is 1. The number of aliphatic hydroxyl groups is 1. The molecular weight excluding hydrogens is 244 g/mol. The van der Waals surface area contributed by atoms with E-state index in [-0.39, 0.29) is 30.7 Å². The molecule has 19 heavy (non-hydrogen) atoms. The van der Waals surface area contributed by atoms with Gasteiger partial charge in [0.25, 0.3) is 0 Å². The number of allylic oxidation sites excluding steroid dienone is 2. The van der Waals surface area contributed by atoms with Gasteiger partial charge in [-0.3, -0.25) is 4.79 Å². The quantitative estimate of drug-likeness (QED) is 0.816. The molecule has 4 heteroatoms. The number of rotatable bonds is 3. The largest absolute Gasteiger partial charge is 0.508 e. The molecule has 1 heterocycles. The van der Waals surface area contributed by atoms with E-state index < -0.39 is 0 Å². The number of aromatic hydroxyl groups is 1. The summed E-state index contributed by atoms with van der Waals surface area (Å²) in [4.78, 5) is 12.4. The maximum atomic E-state index is 12.4. The standard InChI is InChI=1S/C15H16O4/c1-2-10(4-3-7-16)13-9-19-14-8-11(17)5-6-12(14)15(13)18/h2-6,8,13,16-17H,7,9H2,1H3/b4-3-,10-2+. The Kier molecular flexibility index (Phi) is 4.02. The van der Waals surface area contributed by atoms with Gasteiger partial charge in [0.1, 0.15) is 18.1 Å². The van der Waals surface area contributed by atoms with Crippen LogP contribution in [0.3, 0.4) is 0 Å². The molecule has 2 rings (SSSR count). The molecule has 100 valence electrons. The molecule has 0 aromatic heterocycles. The lowest BCUT2D eigenvalue weighted by atomic mass is 9.88. The Morgan fingerprint density at radius 3 is 3.00 bits per heavy atom. The van der Waals surface area contributed by atoms with Gasteiger partial charge >= 0.3 is 0 Å². The second-order valence-electron chi connectivity index (χ2n) is 4.28. The number of fused-ring (bicyclic) bond motifs is 1. The summed E-state index contributed by atoms with van der Waals surface area (Å²) in [7, 11) is 0. The van der Waals surface area contributed by atoms with Crippen molar-refractivity contribution in [3.63, 3.8) is 0 Å². The van der Waals surface area contributed by atoms with Crippen LogP contribution in [0.5, 0.6) is 11.5 Å². The lowest BCUT2D eigenvalue weighted by Crippen LogP contribution is -2.28. The third-order valence-electron chi connectivity index (χ3n) is 3.10. The summed E-state index contributed by atoms with van der Waals surface area (Å²) in [6.07, 6.45) is 5.16. The third kappa shape index (κ3) is 2.69. The average molecular weight is 260 g/mol. The summed E-state index contributed by atoms with van der Waals surface area (Å²) in [6, 6.07) is 4.49. The molecular formula is C15H16O4. The van der Waals surface area contributed by atoms with E-state index in [9.17, 15) is 9.90 Å². The second kappa shape index (κ2) is 5.71. The SMILES string of the molecule is C/C=C(\C=C/CO)C1COc2cc(O)ccc2C1=O. The summed E-state index contributed by atoms with van der Waals surface area (Å²) in [5.41, 5.74) is 1.29. The minimum Gasteiger partial charge on any atom is -0.508 e. The van der Waals surface area contributed by atoms with Gasteiger partial charge in [0, 0.05) is 6.07 Å². The first-order chi connectivity index (χ1) is 9.17. The molecule has 0 amide bonds. The van der Waals surface area contributed by atoms with E-state index in [1.165, 1.54) is 12.1 Å². The van der Waals surface area contributed by atoms with Gasteiger partial charge in [-0.15, -0.1) is 0 Å². The predicted octanol–water partition coefficient (Wildman–Crippen LogP) is 2.08. The number of carbonyl (C=O) groups excluding carboxylic acids is 1. The van der Waals surface area contributed by atoms with Crippen LogP contribution in [-0.4, -0.2) is 29.2 Å². The van der Waals surface area contributed by atoms with Crippen molar-refractivity contribution in [2.75, 3.05) is 13.2 Å². The third-order valence-corrected chi connectivity index (χ3v) is 3.10. The highest BCUT2D eigenvalue weighted by Gasteiger charge is 2.30. The number of phenolic OH excluding ortho intramolecular Hbond substituents is 1. The zero-order chi connectivity index (χ0) is 13.8. The molecule has 1 aliphatic heterocycles. The minimum absolute atomic E-state index is 0.0306. The van der Waals surface area contributed by atoms with Gasteiger partial charge in [0.05, 0.1) is 18.1 Å². The first-order valence-corrected chi connectivity index (χ1v) is 6.11. The van der Waals surface area contributed by atoms with Gasteiger partial charge in [0.2, 0.25) is 0 Å². The Balaban J connectivity index is 2.31. The van der Waals surface area contributed by atoms with Gasteiger partial charge in [-0.05, 0) is 24.6 Å². The molecule has 1 aromatic rings. The molecule has 0 fully saturated rings. The molecule has 2 N–H and O–H groups in total. The van der Waals surface area contributed by atoms with E-state index in [0.29, 0.717) is 11.3 Å². The number of ketones is 1. The molecule has 0 radical (unpaired) electrons. The fourth-order valence-electron chi connectivity index (χ4n) is 2.12. The van der Waals surface area contributed by atoms with Crippen molar-refractivity contribution in [1.29, 1.82) is 0 Å². The van der Waals surface area contributed by atoms with E-state index in [2.05, 4.69) is 0 Å². The van der Waals surface area contributed by atoms with E-state index in [1.54, 1.807) is 18.2 Å². The zero-order valence-electron chi connectivity index (χ0n) is 10.7. The van der Waals surface area contributed by atoms with Crippen molar-refractivity contribution in [1.82, 2.24) is 0 Å². The first-order valence-electron chi connectivity index (χ1n) is 6.11. The number of hydrogen-bond donors (Lipinski definition) is 2. The first kappa shape index (κ1) is 13.4. The lowest BCUT2D eigenvalue weighted by Gasteiger charge is -2.25. The van der Waals surface area contributed by atoms with Crippen molar-refractivity contribution in [3.05, 3.63) is 47.6 Å². The summed E-state index contributed by atoms with van der Waals surface area (Å²) in [5.74, 6) is 0.0982. The van der Waals surface area contributed by atoms with Crippen molar-refractivity contribution >= 4 is 5.78 Å². The Bertz CT molecular complexity index is 543. The van der Waals surface area contributed by atoms with Crippen LogP contribution < -0.4 is 4.74 Å². The maximum absolute atomic E-state index is 12.4. The Morgan fingerprint density at radius 2 is 2.32 bits per heavy atom. The predicted molar refractivity (Wildman–Crippen MR) is 71.4 cm³/mol. The summed E-state index contributed by atoms with van der Waals surface area (Å²) < 4.78 is 5.53. The summed E-state index contributed by atoms with van der Waals surface area (Å²) >= 11 is 0. The van der Waals surface area contributed by atoms with Gasteiger partial charge in [0.15, 0.2) is 5.78 Å². The molecule has 0 saturated heterocycles. The summed E-state index contributed by atoms with van der Waals surface area (Å²) in [6.45, 7) is 2.02. The van der Waals surface area contributed by atoms with Crippen molar-refractivity contribution in [3.8, 4) is 11.5 Å². The van der Waals surface area contributed by atoms with Crippen molar-refractivity contribution in [2.24, 2.45) is 5.92 Å². The number of benzene rings is 1. The number of carbonyl (C=O) groups is 1. The fourth-order valence-corrected chi connectivity index (χ4v) is 2.12. The molecule has 1 aliphatic rings. The van der Waals surface area contributed by atoms with Crippen molar-refractivity contribution < 1.29 is 19.7 Å². The molecule has 4 nitrogen and oxygen atoms in total. The van der Waals surface area contributed by atoms with Gasteiger partial charge < -0.3 is 14.9 Å². The van der Waals surface area contributed by atoms with Crippen LogP contribution in [0.2, 0.25) is 0 Å². The molecule has 1 aromatic carbocycles. The second-order valence-corrected chi connectivity index (χ2v) is 4.28. The lowest BCUT2D eigenvalue weighted by molar-refractivity contribution is 0.0866. The van der Waals surface area contributed by atoms with E-state index in [0.717, 1.165) is 5.57 Å². The molecule has 0 bridgehead atoms. The van der Waals surface area contributed by atoms with E-state index in [4.69, 9.17) is 9.84 Å². The van der Waals surface area contributed by atoms with Crippen LogP contribution >= 0.6 is 0 Å². The van der Waals surface area contributed by atoms with Gasteiger partial charge in [-0.2, -0.15) is 0 Å². The topological polar surface area (TPSA) is 66.8 Å². The highest BCUT2D eigenvalue weighted by Crippen LogP contribution is 2.33. The molecule has 0 saturated carbocycles. The van der Waals surface area contributed by atoms with Crippen LogP contribution in [0.4, 0.5) is 0 Å². The van der Waals surface area contributed by atoms with Crippen molar-refractivity contribution in [2.45, 2.75) is 6.92 Å².